The van der Waals surface area contributed by atoms with Crippen LogP contribution in [0.15, 0.2) is 24.3 Å². The van der Waals surface area contributed by atoms with Crippen molar-refractivity contribution in [3.8, 4) is 5.75 Å². The van der Waals surface area contributed by atoms with Crippen molar-refractivity contribution in [1.82, 2.24) is 5.32 Å². The van der Waals surface area contributed by atoms with E-state index in [9.17, 15) is 18.4 Å². The quantitative estimate of drug-likeness (QED) is 0.786. The minimum atomic E-state index is -2.93. The van der Waals surface area contributed by atoms with E-state index in [1.165, 1.54) is 31.2 Å². The molecule has 1 N–H and O–H groups in total. The van der Waals surface area contributed by atoms with Crippen molar-refractivity contribution in [1.29, 1.82) is 0 Å². The van der Waals surface area contributed by atoms with Crippen LogP contribution in [-0.2, 0) is 9.53 Å². The van der Waals surface area contributed by atoms with Gasteiger partial charge in [0.1, 0.15) is 5.75 Å². The Morgan fingerprint density at radius 1 is 1.14 bits per heavy atom. The molecule has 0 fully saturated rings. The molecular formula is C15H19F2NO4. The van der Waals surface area contributed by atoms with Crippen molar-refractivity contribution in [3.05, 3.63) is 29.8 Å². The summed E-state index contributed by atoms with van der Waals surface area (Å²) in [6.07, 6.45) is -0.941. The summed E-state index contributed by atoms with van der Waals surface area (Å²) >= 11 is 0. The molecule has 0 aliphatic rings. The molecule has 0 saturated carbocycles. The molecule has 1 amide bonds. The van der Waals surface area contributed by atoms with E-state index in [2.05, 4.69) is 10.1 Å². The van der Waals surface area contributed by atoms with E-state index in [4.69, 9.17) is 4.74 Å². The van der Waals surface area contributed by atoms with Crippen LogP contribution >= 0.6 is 0 Å². The van der Waals surface area contributed by atoms with Crippen molar-refractivity contribution in [2.24, 2.45) is 5.92 Å². The highest BCUT2D eigenvalue weighted by atomic mass is 19.3. The number of alkyl halides is 2. The summed E-state index contributed by atoms with van der Waals surface area (Å²) in [5, 5.41) is 2.65. The minimum Gasteiger partial charge on any atom is -0.449 e. The number of nitrogens with one attached hydrogen (secondary N) is 1. The van der Waals surface area contributed by atoms with Gasteiger partial charge in [0.15, 0.2) is 6.10 Å². The minimum absolute atomic E-state index is 0.0609. The van der Waals surface area contributed by atoms with Crippen LogP contribution in [-0.4, -0.2) is 31.1 Å². The zero-order valence-corrected chi connectivity index (χ0v) is 12.6. The third-order valence-corrected chi connectivity index (χ3v) is 2.65. The number of benzene rings is 1. The first-order valence-corrected chi connectivity index (χ1v) is 6.83. The van der Waals surface area contributed by atoms with Gasteiger partial charge in [-0.05, 0) is 37.1 Å². The lowest BCUT2D eigenvalue weighted by Crippen LogP contribution is -2.37. The molecule has 22 heavy (non-hydrogen) atoms. The highest BCUT2D eigenvalue weighted by Gasteiger charge is 2.19. The molecule has 1 aromatic carbocycles. The Bertz CT molecular complexity index is 503. The Kier molecular flexibility index (Phi) is 6.75. The largest absolute Gasteiger partial charge is 0.449 e. The molecule has 0 aliphatic carbocycles. The topological polar surface area (TPSA) is 64.6 Å². The molecule has 0 aliphatic heterocycles. The van der Waals surface area contributed by atoms with E-state index in [0.717, 1.165) is 0 Å². The lowest BCUT2D eigenvalue weighted by Gasteiger charge is -2.14. The predicted molar refractivity (Wildman–Crippen MR) is 75.8 cm³/mol. The fraction of sp³-hybridized carbons (Fsp3) is 0.467. The van der Waals surface area contributed by atoms with Crippen LogP contribution in [0.25, 0.3) is 0 Å². The molecular weight excluding hydrogens is 296 g/mol. The van der Waals surface area contributed by atoms with Gasteiger partial charge in [-0.25, -0.2) is 4.79 Å². The van der Waals surface area contributed by atoms with Gasteiger partial charge in [0.05, 0.1) is 5.56 Å². The third-order valence-electron chi connectivity index (χ3n) is 2.65. The normalized spacial score (nSPS) is 12.1. The van der Waals surface area contributed by atoms with E-state index in [1.54, 1.807) is 0 Å². The van der Waals surface area contributed by atoms with Crippen molar-refractivity contribution < 1.29 is 27.8 Å². The van der Waals surface area contributed by atoms with Crippen molar-refractivity contribution in [2.75, 3.05) is 6.54 Å². The maximum absolute atomic E-state index is 12.0. The van der Waals surface area contributed by atoms with Crippen LogP contribution in [0.5, 0.6) is 5.75 Å². The Morgan fingerprint density at radius 3 is 2.23 bits per heavy atom. The zero-order chi connectivity index (χ0) is 16.7. The summed E-state index contributed by atoms with van der Waals surface area (Å²) in [5.41, 5.74) is 0.144. The number of carbonyl (C=O) groups is 2. The second kappa shape index (κ2) is 8.31. The smallest absolute Gasteiger partial charge is 0.387 e. The van der Waals surface area contributed by atoms with Crippen molar-refractivity contribution in [2.45, 2.75) is 33.5 Å². The molecule has 1 atom stereocenters. The number of amides is 1. The molecule has 1 aromatic rings. The van der Waals surface area contributed by atoms with Crippen LogP contribution in [0.4, 0.5) is 8.78 Å². The van der Waals surface area contributed by atoms with Gasteiger partial charge in [-0.15, -0.1) is 0 Å². The lowest BCUT2D eigenvalue weighted by atomic mass is 10.2. The molecule has 0 heterocycles. The number of halogens is 2. The summed E-state index contributed by atoms with van der Waals surface area (Å²) < 4.78 is 33.2. The van der Waals surface area contributed by atoms with Gasteiger partial charge < -0.3 is 14.8 Å². The maximum atomic E-state index is 12.0. The van der Waals surface area contributed by atoms with Gasteiger partial charge in [0, 0.05) is 6.54 Å². The monoisotopic (exact) mass is 315 g/mol. The lowest BCUT2D eigenvalue weighted by molar-refractivity contribution is -0.129. The number of rotatable bonds is 7. The Hall–Kier alpha value is -2.18. The number of hydrogen-bond donors (Lipinski definition) is 1. The molecule has 0 radical (unpaired) electrons. The fourth-order valence-electron chi connectivity index (χ4n) is 1.50. The third kappa shape index (κ3) is 6.07. The van der Waals surface area contributed by atoms with Crippen LogP contribution in [0.2, 0.25) is 0 Å². The number of esters is 1. The average molecular weight is 315 g/mol. The molecule has 0 spiro atoms. The molecule has 1 rings (SSSR count). The standard InChI is InChI=1S/C15H19F2NO4/c1-9(2)8-18-13(19)10(3)21-14(20)11-4-6-12(7-5-11)22-15(16)17/h4-7,9-10,15H,8H2,1-3H3,(H,18,19)/t10-/m0/s1. The van der Waals surface area contributed by atoms with Gasteiger partial charge in [0.2, 0.25) is 0 Å². The second-order valence-electron chi connectivity index (χ2n) is 5.09. The Labute approximate surface area is 127 Å². The van der Waals surface area contributed by atoms with Crippen LogP contribution in [0.1, 0.15) is 31.1 Å². The summed E-state index contributed by atoms with van der Waals surface area (Å²) in [6, 6.07) is 5.04. The van der Waals surface area contributed by atoms with E-state index >= 15 is 0 Å². The van der Waals surface area contributed by atoms with Gasteiger partial charge in [0.25, 0.3) is 5.91 Å². The molecule has 0 aromatic heterocycles. The summed E-state index contributed by atoms with van der Waals surface area (Å²) in [4.78, 5) is 23.5. The Balaban J connectivity index is 2.55. The summed E-state index contributed by atoms with van der Waals surface area (Å²) in [5.74, 6) is -0.876. The average Bonchev–Trinajstić information content (AvgIpc) is 2.44. The summed E-state index contributed by atoms with van der Waals surface area (Å²) in [7, 11) is 0. The first-order valence-electron chi connectivity index (χ1n) is 6.83. The van der Waals surface area contributed by atoms with E-state index in [1.807, 2.05) is 13.8 Å². The zero-order valence-electron chi connectivity index (χ0n) is 12.6. The molecule has 0 bridgehead atoms. The second-order valence-corrected chi connectivity index (χ2v) is 5.09. The van der Waals surface area contributed by atoms with Crippen LogP contribution in [0.3, 0.4) is 0 Å². The molecule has 0 saturated heterocycles. The van der Waals surface area contributed by atoms with Gasteiger partial charge in [-0.3, -0.25) is 4.79 Å². The number of carbonyl (C=O) groups excluding carboxylic acids is 2. The van der Waals surface area contributed by atoms with Crippen LogP contribution < -0.4 is 10.1 Å². The van der Waals surface area contributed by atoms with E-state index in [0.29, 0.717) is 6.54 Å². The van der Waals surface area contributed by atoms with E-state index in [-0.39, 0.29) is 23.1 Å². The molecule has 122 valence electrons. The SMILES string of the molecule is CC(C)CNC(=O)[C@H](C)OC(=O)c1ccc(OC(F)F)cc1. The summed E-state index contributed by atoms with van der Waals surface area (Å²) in [6.45, 7) is 2.91. The number of hydrogen-bond acceptors (Lipinski definition) is 4. The van der Waals surface area contributed by atoms with Crippen LogP contribution in [0, 0.1) is 5.92 Å². The molecule has 0 unspecified atom stereocenters. The van der Waals surface area contributed by atoms with Crippen molar-refractivity contribution >= 4 is 11.9 Å². The first-order chi connectivity index (χ1) is 10.3. The first kappa shape index (κ1) is 17.9. The fourth-order valence-corrected chi connectivity index (χ4v) is 1.50. The van der Waals surface area contributed by atoms with Gasteiger partial charge >= 0.3 is 12.6 Å². The molecule has 5 nitrogen and oxygen atoms in total. The maximum Gasteiger partial charge on any atom is 0.387 e. The Morgan fingerprint density at radius 2 is 1.73 bits per heavy atom. The van der Waals surface area contributed by atoms with Gasteiger partial charge in [-0.2, -0.15) is 8.78 Å². The van der Waals surface area contributed by atoms with E-state index < -0.39 is 18.7 Å². The van der Waals surface area contributed by atoms with Gasteiger partial charge in [-0.1, -0.05) is 13.8 Å². The van der Waals surface area contributed by atoms with Crippen molar-refractivity contribution in [3.63, 3.8) is 0 Å². The number of ether oxygens (including phenoxy) is 2. The molecule has 7 heteroatoms. The predicted octanol–water partition coefficient (Wildman–Crippen LogP) is 2.61. The highest BCUT2D eigenvalue weighted by Crippen LogP contribution is 2.15. The highest BCUT2D eigenvalue weighted by molar-refractivity contribution is 5.92.